The van der Waals surface area contributed by atoms with Crippen LogP contribution in [-0.2, 0) is 6.18 Å². The molecule has 2 aromatic rings. The molecule has 0 saturated heterocycles. The van der Waals surface area contributed by atoms with Crippen LogP contribution in [-0.4, -0.2) is 9.97 Å². The number of nitrogens with one attached hydrogen (secondary N) is 1. The molecule has 0 unspecified atom stereocenters. The average molecular weight is 335 g/mol. The van der Waals surface area contributed by atoms with Crippen molar-refractivity contribution in [3.05, 3.63) is 51.1 Å². The van der Waals surface area contributed by atoms with Crippen molar-refractivity contribution in [1.29, 1.82) is 0 Å². The molecule has 0 saturated carbocycles. The predicted molar refractivity (Wildman–Crippen MR) is 64.1 cm³/mol. The monoisotopic (exact) mass is 334 g/mol. The van der Waals surface area contributed by atoms with Gasteiger partial charge in [0.05, 0.1) is 6.33 Å². The van der Waals surface area contributed by atoms with Crippen LogP contribution < -0.4 is 10.3 Å². The van der Waals surface area contributed by atoms with E-state index in [1.165, 1.54) is 12.1 Å². The number of halogens is 4. The van der Waals surface area contributed by atoms with Crippen LogP contribution in [0.1, 0.15) is 5.69 Å². The summed E-state index contributed by atoms with van der Waals surface area (Å²) >= 11 is 3.18. The first-order valence-corrected chi connectivity index (χ1v) is 5.75. The molecule has 0 radical (unpaired) electrons. The van der Waals surface area contributed by atoms with E-state index in [1.54, 1.807) is 12.1 Å². The molecule has 4 nitrogen and oxygen atoms in total. The topological polar surface area (TPSA) is 55.0 Å². The first-order valence-electron chi connectivity index (χ1n) is 4.96. The highest BCUT2D eigenvalue weighted by molar-refractivity contribution is 9.10. The smallest absolute Gasteiger partial charge is 0.437 e. The van der Waals surface area contributed by atoms with E-state index < -0.39 is 23.2 Å². The molecule has 0 aliphatic heterocycles. The van der Waals surface area contributed by atoms with E-state index in [-0.39, 0.29) is 5.75 Å². The Morgan fingerprint density at radius 1 is 1.21 bits per heavy atom. The van der Waals surface area contributed by atoms with E-state index in [2.05, 4.69) is 20.9 Å². The van der Waals surface area contributed by atoms with Crippen molar-refractivity contribution in [3.63, 3.8) is 0 Å². The zero-order valence-corrected chi connectivity index (χ0v) is 10.7. The van der Waals surface area contributed by atoms with Gasteiger partial charge in [-0.15, -0.1) is 0 Å². The van der Waals surface area contributed by atoms with Crippen molar-refractivity contribution in [2.24, 2.45) is 0 Å². The summed E-state index contributed by atoms with van der Waals surface area (Å²) in [5, 5.41) is 0. The molecule has 0 bridgehead atoms. The van der Waals surface area contributed by atoms with E-state index in [9.17, 15) is 18.0 Å². The van der Waals surface area contributed by atoms with E-state index in [0.717, 1.165) is 4.47 Å². The molecule has 0 spiro atoms. The molecule has 0 aliphatic carbocycles. The van der Waals surface area contributed by atoms with Gasteiger partial charge in [0.2, 0.25) is 5.75 Å². The lowest BCUT2D eigenvalue weighted by Crippen LogP contribution is -2.18. The third-order valence-corrected chi connectivity index (χ3v) is 2.64. The van der Waals surface area contributed by atoms with Crippen LogP contribution in [0.2, 0.25) is 0 Å². The van der Waals surface area contributed by atoms with Gasteiger partial charge < -0.3 is 9.72 Å². The standard InChI is InChI=1S/C11H6BrF3N2O2/c12-6-1-3-7(4-2-6)19-8-9(11(13,14)15)16-5-17-10(8)18/h1-5H,(H,16,17,18). The van der Waals surface area contributed by atoms with Gasteiger partial charge in [-0.25, -0.2) is 4.98 Å². The van der Waals surface area contributed by atoms with Crippen molar-refractivity contribution in [2.75, 3.05) is 0 Å². The Labute approximate surface area is 113 Å². The van der Waals surface area contributed by atoms with E-state index in [1.807, 2.05) is 4.98 Å². The Morgan fingerprint density at radius 3 is 2.42 bits per heavy atom. The SMILES string of the molecule is O=c1[nH]cnc(C(F)(F)F)c1Oc1ccc(Br)cc1. The van der Waals surface area contributed by atoms with Crippen molar-refractivity contribution >= 4 is 15.9 Å². The fourth-order valence-corrected chi connectivity index (χ4v) is 1.57. The summed E-state index contributed by atoms with van der Waals surface area (Å²) in [4.78, 5) is 16.6. The molecule has 100 valence electrons. The summed E-state index contributed by atoms with van der Waals surface area (Å²) in [5.74, 6) is -0.774. The minimum atomic E-state index is -4.76. The highest BCUT2D eigenvalue weighted by Gasteiger charge is 2.38. The molecule has 1 N–H and O–H groups in total. The second-order valence-electron chi connectivity index (χ2n) is 3.46. The quantitative estimate of drug-likeness (QED) is 0.916. The van der Waals surface area contributed by atoms with Gasteiger partial charge in [0.25, 0.3) is 5.56 Å². The van der Waals surface area contributed by atoms with Crippen LogP contribution in [0.15, 0.2) is 39.9 Å². The largest absolute Gasteiger partial charge is 0.449 e. The molecular weight excluding hydrogens is 329 g/mol. The zero-order chi connectivity index (χ0) is 14.0. The molecular formula is C11H6BrF3N2O2. The maximum atomic E-state index is 12.7. The van der Waals surface area contributed by atoms with Crippen molar-refractivity contribution < 1.29 is 17.9 Å². The van der Waals surface area contributed by atoms with Crippen LogP contribution in [0.25, 0.3) is 0 Å². The lowest BCUT2D eigenvalue weighted by atomic mass is 10.3. The van der Waals surface area contributed by atoms with Gasteiger partial charge in [-0.1, -0.05) is 15.9 Å². The number of H-pyrrole nitrogens is 1. The summed E-state index contributed by atoms with van der Waals surface area (Å²) in [6.45, 7) is 0. The normalized spacial score (nSPS) is 11.4. The number of rotatable bonds is 2. The lowest BCUT2D eigenvalue weighted by molar-refractivity contribution is -0.142. The number of benzene rings is 1. The van der Waals surface area contributed by atoms with E-state index in [4.69, 9.17) is 4.74 Å². The van der Waals surface area contributed by atoms with Gasteiger partial charge in [0.15, 0.2) is 5.69 Å². The maximum absolute atomic E-state index is 12.7. The summed E-state index contributed by atoms with van der Waals surface area (Å²) < 4.78 is 43.8. The molecule has 19 heavy (non-hydrogen) atoms. The van der Waals surface area contributed by atoms with Crippen LogP contribution >= 0.6 is 15.9 Å². The number of ether oxygens (including phenoxy) is 1. The Bertz CT molecular complexity index is 638. The molecule has 1 aromatic carbocycles. The Hall–Kier alpha value is -1.83. The minimum Gasteiger partial charge on any atom is -0.449 e. The van der Waals surface area contributed by atoms with Gasteiger partial charge >= 0.3 is 6.18 Å². The number of hydrogen-bond acceptors (Lipinski definition) is 3. The van der Waals surface area contributed by atoms with Crippen LogP contribution in [0.3, 0.4) is 0 Å². The number of alkyl halides is 3. The fraction of sp³-hybridized carbons (Fsp3) is 0.0909. The molecule has 8 heteroatoms. The van der Waals surface area contributed by atoms with Crippen LogP contribution in [0.4, 0.5) is 13.2 Å². The summed E-state index contributed by atoms with van der Waals surface area (Å²) in [7, 11) is 0. The van der Waals surface area contributed by atoms with Gasteiger partial charge in [-0.05, 0) is 24.3 Å². The number of aromatic amines is 1. The van der Waals surface area contributed by atoms with Crippen molar-refractivity contribution in [2.45, 2.75) is 6.18 Å². The van der Waals surface area contributed by atoms with E-state index >= 15 is 0 Å². The Morgan fingerprint density at radius 2 is 1.84 bits per heavy atom. The average Bonchev–Trinajstić information content (AvgIpc) is 2.33. The molecule has 2 rings (SSSR count). The third-order valence-electron chi connectivity index (χ3n) is 2.11. The number of nitrogens with zero attached hydrogens (tertiary/aromatic N) is 1. The first-order chi connectivity index (χ1) is 8.88. The van der Waals surface area contributed by atoms with Crippen molar-refractivity contribution in [3.8, 4) is 11.5 Å². The molecule has 1 aromatic heterocycles. The zero-order valence-electron chi connectivity index (χ0n) is 9.16. The molecule has 0 amide bonds. The summed E-state index contributed by atoms with van der Waals surface area (Å²) in [6.07, 6.45) is -4.08. The highest BCUT2D eigenvalue weighted by atomic mass is 79.9. The molecule has 0 fully saturated rings. The summed E-state index contributed by atoms with van der Waals surface area (Å²) in [6, 6.07) is 6.01. The second kappa shape index (κ2) is 5.04. The Balaban J connectivity index is 2.45. The molecule has 0 atom stereocenters. The lowest BCUT2D eigenvalue weighted by Gasteiger charge is -2.11. The van der Waals surface area contributed by atoms with Gasteiger partial charge in [0, 0.05) is 4.47 Å². The van der Waals surface area contributed by atoms with Gasteiger partial charge in [-0.3, -0.25) is 4.79 Å². The summed E-state index contributed by atoms with van der Waals surface area (Å²) in [5.41, 5.74) is -2.36. The predicted octanol–water partition coefficient (Wildman–Crippen LogP) is 3.34. The highest BCUT2D eigenvalue weighted by Crippen LogP contribution is 2.34. The number of hydrogen-bond donors (Lipinski definition) is 1. The van der Waals surface area contributed by atoms with Gasteiger partial charge in [-0.2, -0.15) is 13.2 Å². The van der Waals surface area contributed by atoms with E-state index in [0.29, 0.717) is 6.33 Å². The van der Waals surface area contributed by atoms with Gasteiger partial charge in [0.1, 0.15) is 5.75 Å². The third kappa shape index (κ3) is 3.14. The fourth-order valence-electron chi connectivity index (χ4n) is 1.30. The van der Waals surface area contributed by atoms with Crippen molar-refractivity contribution in [1.82, 2.24) is 9.97 Å². The molecule has 0 aliphatic rings. The Kier molecular flexibility index (Phi) is 3.61. The minimum absolute atomic E-state index is 0.104. The van der Waals surface area contributed by atoms with Crippen LogP contribution in [0.5, 0.6) is 11.5 Å². The maximum Gasteiger partial charge on any atom is 0.437 e. The second-order valence-corrected chi connectivity index (χ2v) is 4.38. The first kappa shape index (κ1) is 13.6. The molecule has 1 heterocycles. The van der Waals surface area contributed by atoms with Crippen LogP contribution in [0, 0.1) is 0 Å². The number of aromatic nitrogens is 2.